The zero-order valence-electron chi connectivity index (χ0n) is 14.3. The number of ether oxygens (including phenoxy) is 1. The molecule has 0 bridgehead atoms. The maximum Gasteiger partial charge on any atom is 0.325 e. The number of para-hydroxylation sites is 1. The van der Waals surface area contributed by atoms with Gasteiger partial charge < -0.3 is 15.0 Å². The molecule has 0 spiro atoms. The smallest absolute Gasteiger partial charge is 0.325 e. The first-order valence-electron chi connectivity index (χ1n) is 8.01. The quantitative estimate of drug-likeness (QED) is 0.736. The van der Waals surface area contributed by atoms with Crippen LogP contribution < -0.4 is 10.1 Å². The van der Waals surface area contributed by atoms with Crippen LogP contribution in [0.2, 0.25) is 0 Å². The normalized spacial score (nSPS) is 16.6. The van der Waals surface area contributed by atoms with Crippen molar-refractivity contribution in [3.05, 3.63) is 30.1 Å². The molecule has 1 aliphatic heterocycles. The van der Waals surface area contributed by atoms with Gasteiger partial charge in [-0.1, -0.05) is 12.1 Å². The zero-order valence-corrected chi connectivity index (χ0v) is 14.3. The van der Waals surface area contributed by atoms with E-state index in [1.165, 1.54) is 11.0 Å². The van der Waals surface area contributed by atoms with E-state index >= 15 is 0 Å². The van der Waals surface area contributed by atoms with E-state index in [1.807, 2.05) is 11.9 Å². The molecule has 0 saturated carbocycles. The number of nitrogens with one attached hydrogen (secondary N) is 1. The van der Waals surface area contributed by atoms with Crippen LogP contribution in [-0.4, -0.2) is 60.6 Å². The van der Waals surface area contributed by atoms with Crippen LogP contribution in [0.3, 0.4) is 0 Å². The summed E-state index contributed by atoms with van der Waals surface area (Å²) in [5.74, 6) is -0.327. The number of carbonyl (C=O) groups is 2. The van der Waals surface area contributed by atoms with Crippen molar-refractivity contribution < 1.29 is 18.7 Å². The van der Waals surface area contributed by atoms with E-state index in [2.05, 4.69) is 5.32 Å². The number of nitrogens with zero attached hydrogens (tertiary/aromatic N) is 2. The van der Waals surface area contributed by atoms with E-state index in [0.717, 1.165) is 0 Å². The van der Waals surface area contributed by atoms with Gasteiger partial charge in [0.1, 0.15) is 12.1 Å². The summed E-state index contributed by atoms with van der Waals surface area (Å²) in [7, 11) is 1.92. The van der Waals surface area contributed by atoms with Gasteiger partial charge in [0.25, 0.3) is 5.91 Å². The third kappa shape index (κ3) is 4.44. The minimum absolute atomic E-state index is 0.196. The summed E-state index contributed by atoms with van der Waals surface area (Å²) < 4.78 is 18.8. The van der Waals surface area contributed by atoms with Crippen molar-refractivity contribution in [3.8, 4) is 5.75 Å². The van der Waals surface area contributed by atoms with Gasteiger partial charge in [-0.25, -0.2) is 9.18 Å². The molecule has 1 aliphatic rings. The molecule has 1 aromatic carbocycles. The fourth-order valence-electron chi connectivity index (χ4n) is 2.50. The molecule has 0 unspecified atom stereocenters. The van der Waals surface area contributed by atoms with Crippen molar-refractivity contribution >= 4 is 11.9 Å². The highest BCUT2D eigenvalue weighted by Crippen LogP contribution is 2.17. The molecule has 0 aliphatic carbocycles. The van der Waals surface area contributed by atoms with Gasteiger partial charge in [-0.3, -0.25) is 9.69 Å². The molecule has 0 aromatic heterocycles. The van der Waals surface area contributed by atoms with Crippen LogP contribution in [0.4, 0.5) is 9.18 Å². The van der Waals surface area contributed by atoms with Gasteiger partial charge in [0, 0.05) is 13.1 Å². The maximum atomic E-state index is 13.4. The lowest BCUT2D eigenvalue weighted by Gasteiger charge is -2.19. The number of hydrogen-bond donors (Lipinski definition) is 1. The number of urea groups is 1. The van der Waals surface area contributed by atoms with E-state index in [0.29, 0.717) is 32.7 Å². The lowest BCUT2D eigenvalue weighted by molar-refractivity contribution is -0.130. The molecule has 24 heavy (non-hydrogen) atoms. The SMILES string of the molecule is CN(CCCN1C(=O)NC(C)(C)C1=O)CCOc1ccccc1F. The Labute approximate surface area is 141 Å². The van der Waals surface area contributed by atoms with Crippen LogP contribution >= 0.6 is 0 Å². The fourth-order valence-corrected chi connectivity index (χ4v) is 2.50. The Morgan fingerprint density at radius 1 is 1.25 bits per heavy atom. The number of amides is 3. The second-order valence-electron chi connectivity index (χ2n) is 6.45. The third-order valence-corrected chi connectivity index (χ3v) is 3.93. The van der Waals surface area contributed by atoms with Crippen LogP contribution in [-0.2, 0) is 4.79 Å². The summed E-state index contributed by atoms with van der Waals surface area (Å²) in [4.78, 5) is 27.1. The van der Waals surface area contributed by atoms with Crippen molar-refractivity contribution in [1.29, 1.82) is 0 Å². The van der Waals surface area contributed by atoms with Crippen molar-refractivity contribution in [2.45, 2.75) is 25.8 Å². The van der Waals surface area contributed by atoms with Gasteiger partial charge in [-0.05, 0) is 46.0 Å². The van der Waals surface area contributed by atoms with Crippen molar-refractivity contribution in [2.75, 3.05) is 33.3 Å². The molecule has 1 aromatic rings. The third-order valence-electron chi connectivity index (χ3n) is 3.93. The van der Waals surface area contributed by atoms with Crippen LogP contribution in [0.1, 0.15) is 20.3 Å². The van der Waals surface area contributed by atoms with Gasteiger partial charge in [0.15, 0.2) is 11.6 Å². The number of imide groups is 1. The lowest BCUT2D eigenvalue weighted by atomic mass is 10.1. The molecule has 1 fully saturated rings. The molecule has 2 rings (SSSR count). The summed E-state index contributed by atoms with van der Waals surface area (Å²) >= 11 is 0. The largest absolute Gasteiger partial charge is 0.489 e. The number of halogens is 1. The molecule has 6 nitrogen and oxygen atoms in total. The number of rotatable bonds is 8. The van der Waals surface area contributed by atoms with Crippen LogP contribution in [0, 0.1) is 5.82 Å². The minimum atomic E-state index is -0.823. The van der Waals surface area contributed by atoms with E-state index in [1.54, 1.807) is 32.0 Å². The van der Waals surface area contributed by atoms with E-state index in [9.17, 15) is 14.0 Å². The predicted octanol–water partition coefficient (Wildman–Crippen LogP) is 1.86. The van der Waals surface area contributed by atoms with Gasteiger partial charge in [-0.2, -0.15) is 0 Å². The lowest BCUT2D eigenvalue weighted by Crippen LogP contribution is -2.40. The Morgan fingerprint density at radius 3 is 2.58 bits per heavy atom. The average Bonchev–Trinajstić information content (AvgIpc) is 2.71. The van der Waals surface area contributed by atoms with Crippen LogP contribution in [0.25, 0.3) is 0 Å². The molecule has 1 heterocycles. The first-order valence-corrected chi connectivity index (χ1v) is 8.01. The van der Waals surface area contributed by atoms with Gasteiger partial charge in [-0.15, -0.1) is 0 Å². The molecule has 132 valence electrons. The van der Waals surface area contributed by atoms with E-state index in [-0.39, 0.29) is 23.5 Å². The Hall–Kier alpha value is -2.15. The summed E-state index contributed by atoms with van der Waals surface area (Å²) in [6.07, 6.45) is 0.672. The highest BCUT2D eigenvalue weighted by Gasteiger charge is 2.43. The molecule has 3 amide bonds. The highest BCUT2D eigenvalue weighted by atomic mass is 19.1. The summed E-state index contributed by atoms with van der Waals surface area (Å²) in [5, 5.41) is 2.66. The second kappa shape index (κ2) is 7.61. The molecule has 0 radical (unpaired) electrons. The Bertz CT molecular complexity index is 606. The second-order valence-corrected chi connectivity index (χ2v) is 6.45. The number of hydrogen-bond acceptors (Lipinski definition) is 4. The molecule has 7 heteroatoms. The maximum absolute atomic E-state index is 13.4. The Morgan fingerprint density at radius 2 is 1.96 bits per heavy atom. The standard InChI is InChI=1S/C17H24FN3O3/c1-17(2)15(22)21(16(23)19-17)10-6-9-20(3)11-12-24-14-8-5-4-7-13(14)18/h4-5,7-8H,6,9-12H2,1-3H3,(H,19,23). The minimum Gasteiger partial charge on any atom is -0.489 e. The number of likely N-dealkylation sites (N-methyl/N-ethyl adjacent to an activating group) is 1. The van der Waals surface area contributed by atoms with Crippen LogP contribution in [0.15, 0.2) is 24.3 Å². The zero-order chi connectivity index (χ0) is 17.7. The van der Waals surface area contributed by atoms with Gasteiger partial charge >= 0.3 is 6.03 Å². The first-order chi connectivity index (χ1) is 11.3. The van der Waals surface area contributed by atoms with E-state index < -0.39 is 5.54 Å². The highest BCUT2D eigenvalue weighted by molar-refractivity contribution is 6.06. The fraction of sp³-hybridized carbons (Fsp3) is 0.529. The van der Waals surface area contributed by atoms with Crippen molar-refractivity contribution in [3.63, 3.8) is 0 Å². The van der Waals surface area contributed by atoms with Crippen molar-refractivity contribution in [1.82, 2.24) is 15.1 Å². The van der Waals surface area contributed by atoms with Gasteiger partial charge in [0.05, 0.1) is 0 Å². The average molecular weight is 337 g/mol. The topological polar surface area (TPSA) is 61.9 Å². The van der Waals surface area contributed by atoms with Gasteiger partial charge in [0.2, 0.25) is 0 Å². The summed E-state index contributed by atoms with van der Waals surface area (Å²) in [6.45, 7) is 5.47. The predicted molar refractivity (Wildman–Crippen MR) is 88.3 cm³/mol. The Kier molecular flexibility index (Phi) is 5.77. The number of benzene rings is 1. The number of carbonyl (C=O) groups excluding carboxylic acids is 2. The van der Waals surface area contributed by atoms with Crippen molar-refractivity contribution in [2.24, 2.45) is 0 Å². The molecule has 1 N–H and O–H groups in total. The molecule has 1 saturated heterocycles. The summed E-state index contributed by atoms with van der Waals surface area (Å²) in [5.41, 5.74) is -0.823. The molecular formula is C17H24FN3O3. The summed E-state index contributed by atoms with van der Waals surface area (Å²) in [6, 6.07) is 5.95. The Balaban J connectivity index is 1.67. The van der Waals surface area contributed by atoms with E-state index in [4.69, 9.17) is 4.74 Å². The molecular weight excluding hydrogens is 313 g/mol. The van der Waals surface area contributed by atoms with Crippen LogP contribution in [0.5, 0.6) is 5.75 Å². The monoisotopic (exact) mass is 337 g/mol. The first kappa shape index (κ1) is 18.2. The molecule has 0 atom stereocenters.